The van der Waals surface area contributed by atoms with Gasteiger partial charge in [-0.05, 0) is 66.0 Å². The lowest BCUT2D eigenvalue weighted by Crippen LogP contribution is -2.20. The second kappa shape index (κ2) is 8.88. The molecule has 2 N–H and O–H groups in total. The lowest BCUT2D eigenvalue weighted by atomic mass is 10.1. The van der Waals surface area contributed by atoms with Gasteiger partial charge in [-0.1, -0.05) is 26.0 Å². The standard InChI is InChI=1S/C21H28N2O2/c1-3-22-9-11-24-18-7-8-20-17(14-18)13-16-5-6-19(15-21(16)20)25-12-10-23-4-2/h5-8,14-15,22-23H,3-4,9-13H2,1-2H3. The van der Waals surface area contributed by atoms with Crippen LogP contribution < -0.4 is 20.1 Å². The number of rotatable bonds is 10. The zero-order chi connectivity index (χ0) is 17.5. The maximum Gasteiger partial charge on any atom is 0.120 e. The fourth-order valence-electron chi connectivity index (χ4n) is 3.16. The SMILES string of the molecule is CCNCCOc1ccc2c(c1)Cc1ccc(OCCNCC)cc1-2. The van der Waals surface area contributed by atoms with Crippen molar-refractivity contribution in [1.29, 1.82) is 0 Å². The molecule has 0 atom stereocenters. The van der Waals surface area contributed by atoms with Crippen LogP contribution in [0.25, 0.3) is 11.1 Å². The maximum absolute atomic E-state index is 5.85. The third-order valence-electron chi connectivity index (χ3n) is 4.42. The third-order valence-corrected chi connectivity index (χ3v) is 4.42. The molecule has 0 aromatic heterocycles. The second-order valence-corrected chi connectivity index (χ2v) is 6.22. The van der Waals surface area contributed by atoms with E-state index in [4.69, 9.17) is 9.47 Å². The molecule has 0 amide bonds. The first-order valence-corrected chi connectivity index (χ1v) is 9.25. The van der Waals surface area contributed by atoms with Gasteiger partial charge in [-0.15, -0.1) is 0 Å². The van der Waals surface area contributed by atoms with E-state index in [1.54, 1.807) is 0 Å². The molecule has 2 aromatic rings. The van der Waals surface area contributed by atoms with E-state index in [0.717, 1.165) is 44.1 Å². The van der Waals surface area contributed by atoms with Gasteiger partial charge in [0.15, 0.2) is 0 Å². The average Bonchev–Trinajstić information content (AvgIpc) is 2.99. The van der Waals surface area contributed by atoms with E-state index >= 15 is 0 Å². The van der Waals surface area contributed by atoms with E-state index in [-0.39, 0.29) is 0 Å². The predicted molar refractivity (Wildman–Crippen MR) is 103 cm³/mol. The van der Waals surface area contributed by atoms with Crippen molar-refractivity contribution in [2.24, 2.45) is 0 Å². The summed E-state index contributed by atoms with van der Waals surface area (Å²) in [5.74, 6) is 1.89. The van der Waals surface area contributed by atoms with Gasteiger partial charge in [-0.3, -0.25) is 0 Å². The molecule has 0 fully saturated rings. The Labute approximate surface area is 150 Å². The van der Waals surface area contributed by atoms with Crippen LogP contribution in [0, 0.1) is 0 Å². The molecule has 0 spiro atoms. The van der Waals surface area contributed by atoms with Gasteiger partial charge < -0.3 is 20.1 Å². The van der Waals surface area contributed by atoms with Gasteiger partial charge in [0, 0.05) is 13.1 Å². The lowest BCUT2D eigenvalue weighted by Gasteiger charge is -2.10. The lowest BCUT2D eigenvalue weighted by molar-refractivity contribution is 0.315. The number of hydrogen-bond acceptors (Lipinski definition) is 4. The Morgan fingerprint density at radius 2 is 1.40 bits per heavy atom. The molecule has 1 aliphatic carbocycles. The second-order valence-electron chi connectivity index (χ2n) is 6.22. The van der Waals surface area contributed by atoms with Crippen LogP contribution in [0.2, 0.25) is 0 Å². The number of nitrogens with one attached hydrogen (secondary N) is 2. The molecule has 0 saturated heterocycles. The van der Waals surface area contributed by atoms with Crippen LogP contribution >= 0.6 is 0 Å². The smallest absolute Gasteiger partial charge is 0.120 e. The molecule has 0 saturated carbocycles. The van der Waals surface area contributed by atoms with Crippen LogP contribution in [0.3, 0.4) is 0 Å². The molecule has 4 heteroatoms. The zero-order valence-electron chi connectivity index (χ0n) is 15.2. The first kappa shape index (κ1) is 17.8. The molecular formula is C21H28N2O2. The molecule has 25 heavy (non-hydrogen) atoms. The van der Waals surface area contributed by atoms with Crippen LogP contribution in [-0.4, -0.2) is 39.4 Å². The molecule has 2 aromatic carbocycles. The first-order chi connectivity index (χ1) is 12.3. The van der Waals surface area contributed by atoms with Gasteiger partial charge >= 0.3 is 0 Å². The Morgan fingerprint density at radius 3 is 2.08 bits per heavy atom. The van der Waals surface area contributed by atoms with E-state index in [9.17, 15) is 0 Å². The average molecular weight is 340 g/mol. The van der Waals surface area contributed by atoms with Crippen LogP contribution in [0.5, 0.6) is 11.5 Å². The quantitative estimate of drug-likeness (QED) is 0.556. The Kier molecular flexibility index (Phi) is 6.31. The highest BCUT2D eigenvalue weighted by Gasteiger charge is 2.19. The van der Waals surface area contributed by atoms with Gasteiger partial charge in [0.25, 0.3) is 0 Å². The molecule has 4 nitrogen and oxygen atoms in total. The Hall–Kier alpha value is -2.04. The van der Waals surface area contributed by atoms with E-state index in [1.807, 2.05) is 0 Å². The summed E-state index contributed by atoms with van der Waals surface area (Å²) in [6.45, 7) is 9.29. The fourth-order valence-corrected chi connectivity index (χ4v) is 3.16. The number of fused-ring (bicyclic) bond motifs is 3. The molecule has 0 heterocycles. The number of benzene rings is 2. The molecule has 134 valence electrons. The van der Waals surface area contributed by atoms with Crippen molar-refractivity contribution in [2.75, 3.05) is 39.4 Å². The highest BCUT2D eigenvalue weighted by atomic mass is 16.5. The maximum atomic E-state index is 5.85. The highest BCUT2D eigenvalue weighted by molar-refractivity contribution is 5.78. The summed E-state index contributed by atoms with van der Waals surface area (Å²) in [6, 6.07) is 12.8. The summed E-state index contributed by atoms with van der Waals surface area (Å²) in [5.41, 5.74) is 5.28. The number of hydrogen-bond donors (Lipinski definition) is 2. The molecule has 0 unspecified atom stereocenters. The Morgan fingerprint density at radius 1 is 0.760 bits per heavy atom. The van der Waals surface area contributed by atoms with Crippen molar-refractivity contribution in [2.45, 2.75) is 20.3 Å². The van der Waals surface area contributed by atoms with E-state index in [1.165, 1.54) is 22.3 Å². The molecule has 0 radical (unpaired) electrons. The van der Waals surface area contributed by atoms with Crippen molar-refractivity contribution >= 4 is 0 Å². The largest absolute Gasteiger partial charge is 0.492 e. The molecule has 3 rings (SSSR count). The summed E-state index contributed by atoms with van der Waals surface area (Å²) in [4.78, 5) is 0. The summed E-state index contributed by atoms with van der Waals surface area (Å²) >= 11 is 0. The van der Waals surface area contributed by atoms with Gasteiger partial charge in [-0.2, -0.15) is 0 Å². The predicted octanol–water partition coefficient (Wildman–Crippen LogP) is 3.23. The van der Waals surface area contributed by atoms with Gasteiger partial charge in [0.05, 0.1) is 0 Å². The van der Waals surface area contributed by atoms with Crippen LogP contribution in [0.15, 0.2) is 36.4 Å². The summed E-state index contributed by atoms with van der Waals surface area (Å²) in [7, 11) is 0. The van der Waals surface area contributed by atoms with Crippen molar-refractivity contribution in [1.82, 2.24) is 10.6 Å². The van der Waals surface area contributed by atoms with Crippen LogP contribution in [0.1, 0.15) is 25.0 Å². The Bertz CT molecular complexity index is 700. The summed E-state index contributed by atoms with van der Waals surface area (Å²) < 4.78 is 11.7. The zero-order valence-corrected chi connectivity index (χ0v) is 15.2. The van der Waals surface area contributed by atoms with Crippen LogP contribution in [-0.2, 0) is 6.42 Å². The number of ether oxygens (including phenoxy) is 2. The van der Waals surface area contributed by atoms with Crippen molar-refractivity contribution in [3.05, 3.63) is 47.5 Å². The van der Waals surface area contributed by atoms with Gasteiger partial charge in [0.2, 0.25) is 0 Å². The number of likely N-dealkylation sites (N-methyl/N-ethyl adjacent to an activating group) is 2. The minimum Gasteiger partial charge on any atom is -0.492 e. The minimum atomic E-state index is 0.693. The third kappa shape index (κ3) is 4.53. The molecule has 0 bridgehead atoms. The fraction of sp³-hybridized carbons (Fsp3) is 0.429. The summed E-state index contributed by atoms with van der Waals surface area (Å²) in [6.07, 6.45) is 0.965. The first-order valence-electron chi connectivity index (χ1n) is 9.25. The van der Waals surface area contributed by atoms with Crippen LogP contribution in [0.4, 0.5) is 0 Å². The van der Waals surface area contributed by atoms with E-state index in [0.29, 0.717) is 13.2 Å². The normalized spacial score (nSPS) is 11.9. The van der Waals surface area contributed by atoms with Crippen molar-refractivity contribution < 1.29 is 9.47 Å². The molecule has 0 aliphatic heterocycles. The van der Waals surface area contributed by atoms with Gasteiger partial charge in [0.1, 0.15) is 24.7 Å². The van der Waals surface area contributed by atoms with Gasteiger partial charge in [-0.25, -0.2) is 0 Å². The minimum absolute atomic E-state index is 0.693. The van der Waals surface area contributed by atoms with E-state index in [2.05, 4.69) is 60.9 Å². The monoisotopic (exact) mass is 340 g/mol. The Balaban J connectivity index is 1.65. The topological polar surface area (TPSA) is 42.5 Å². The van der Waals surface area contributed by atoms with Crippen molar-refractivity contribution in [3.63, 3.8) is 0 Å². The van der Waals surface area contributed by atoms with Crippen molar-refractivity contribution in [3.8, 4) is 22.6 Å². The van der Waals surface area contributed by atoms with E-state index < -0.39 is 0 Å². The molecular weight excluding hydrogens is 312 g/mol. The molecule has 1 aliphatic rings. The highest BCUT2D eigenvalue weighted by Crippen LogP contribution is 2.40. The summed E-state index contributed by atoms with van der Waals surface area (Å²) in [5, 5.41) is 6.55.